The molecule has 1 aromatic carbocycles. The van der Waals surface area contributed by atoms with Crippen LogP contribution in [-0.4, -0.2) is 10.9 Å². The first kappa shape index (κ1) is 9.90. The number of benzene rings is 1. The molecule has 0 atom stereocenters. The summed E-state index contributed by atoms with van der Waals surface area (Å²) in [6.07, 6.45) is 0. The summed E-state index contributed by atoms with van der Waals surface area (Å²) in [7, 11) is 0. The van der Waals surface area contributed by atoms with E-state index in [4.69, 9.17) is 16.7 Å². The Morgan fingerprint density at radius 1 is 1.50 bits per heavy atom. The third-order valence-corrected chi connectivity index (χ3v) is 2.87. The first-order valence-electron chi connectivity index (χ1n) is 3.80. The Bertz CT molecular complexity index is 263. The maximum Gasteiger partial charge on any atom is 0.0707 e. The van der Waals surface area contributed by atoms with E-state index in [1.165, 1.54) is 0 Å². The van der Waals surface area contributed by atoms with Crippen LogP contribution in [0.15, 0.2) is 23.1 Å². The fourth-order valence-electron chi connectivity index (χ4n) is 0.983. The first-order chi connectivity index (χ1) is 5.79. The third kappa shape index (κ3) is 2.16. The number of thioether (sulfide) groups is 1. The largest absolute Gasteiger partial charge is 0.392 e. The van der Waals surface area contributed by atoms with E-state index in [9.17, 15) is 0 Å². The van der Waals surface area contributed by atoms with E-state index in [-0.39, 0.29) is 6.61 Å². The Morgan fingerprint density at radius 3 is 2.83 bits per heavy atom. The summed E-state index contributed by atoms with van der Waals surface area (Å²) < 4.78 is 0. The van der Waals surface area contributed by atoms with Crippen molar-refractivity contribution in [2.45, 2.75) is 18.4 Å². The molecule has 0 bridgehead atoms. The van der Waals surface area contributed by atoms with Gasteiger partial charge in [-0.1, -0.05) is 24.6 Å². The second-order valence-corrected chi connectivity index (χ2v) is 4.02. The number of aliphatic hydroxyl groups excluding tert-OH is 1. The summed E-state index contributed by atoms with van der Waals surface area (Å²) in [5, 5.41) is 9.68. The third-order valence-electron chi connectivity index (χ3n) is 1.53. The monoisotopic (exact) mass is 202 g/mol. The normalized spacial score (nSPS) is 10.2. The van der Waals surface area contributed by atoms with E-state index in [1.807, 2.05) is 12.1 Å². The average Bonchev–Trinajstić information content (AvgIpc) is 2.05. The molecule has 0 saturated carbocycles. The molecule has 1 nitrogen and oxygen atoms in total. The molecule has 0 unspecified atom stereocenters. The van der Waals surface area contributed by atoms with Gasteiger partial charge in [0.25, 0.3) is 0 Å². The van der Waals surface area contributed by atoms with Gasteiger partial charge in [-0.2, -0.15) is 0 Å². The molecule has 0 heterocycles. The summed E-state index contributed by atoms with van der Waals surface area (Å²) in [5.74, 6) is 0.993. The zero-order valence-corrected chi connectivity index (χ0v) is 8.45. The van der Waals surface area contributed by atoms with E-state index < -0.39 is 0 Å². The summed E-state index contributed by atoms with van der Waals surface area (Å²) in [6, 6.07) is 5.68. The van der Waals surface area contributed by atoms with Crippen molar-refractivity contribution in [3.8, 4) is 0 Å². The van der Waals surface area contributed by atoms with Gasteiger partial charge in [0.15, 0.2) is 0 Å². The lowest BCUT2D eigenvalue weighted by atomic mass is 10.2. The van der Waals surface area contributed by atoms with Gasteiger partial charge in [0.05, 0.1) is 6.61 Å². The molecule has 0 aliphatic carbocycles. The van der Waals surface area contributed by atoms with Crippen molar-refractivity contribution in [3.63, 3.8) is 0 Å². The van der Waals surface area contributed by atoms with E-state index >= 15 is 0 Å². The average molecular weight is 203 g/mol. The van der Waals surface area contributed by atoms with Gasteiger partial charge in [-0.05, 0) is 17.9 Å². The maximum absolute atomic E-state index is 9.03. The number of halogens is 1. The van der Waals surface area contributed by atoms with Gasteiger partial charge in [-0.3, -0.25) is 0 Å². The van der Waals surface area contributed by atoms with Crippen LogP contribution in [0.3, 0.4) is 0 Å². The van der Waals surface area contributed by atoms with Gasteiger partial charge in [-0.25, -0.2) is 0 Å². The summed E-state index contributed by atoms with van der Waals surface area (Å²) in [6.45, 7) is 2.09. The second kappa shape index (κ2) is 4.75. The van der Waals surface area contributed by atoms with Crippen LogP contribution in [0, 0.1) is 0 Å². The molecular weight excluding hydrogens is 192 g/mol. The van der Waals surface area contributed by atoms with E-state index in [0.29, 0.717) is 5.02 Å². The highest BCUT2D eigenvalue weighted by atomic mass is 35.5. The van der Waals surface area contributed by atoms with Crippen molar-refractivity contribution in [1.29, 1.82) is 0 Å². The number of hydrogen-bond acceptors (Lipinski definition) is 2. The van der Waals surface area contributed by atoms with Gasteiger partial charge in [-0.15, -0.1) is 11.8 Å². The smallest absolute Gasteiger partial charge is 0.0707 e. The van der Waals surface area contributed by atoms with Gasteiger partial charge in [0.1, 0.15) is 0 Å². The van der Waals surface area contributed by atoms with Gasteiger partial charge < -0.3 is 5.11 Å². The molecule has 0 aliphatic heterocycles. The van der Waals surface area contributed by atoms with E-state index in [2.05, 4.69) is 6.92 Å². The van der Waals surface area contributed by atoms with Crippen molar-refractivity contribution in [2.75, 3.05) is 5.75 Å². The molecule has 3 heteroatoms. The zero-order valence-electron chi connectivity index (χ0n) is 6.88. The van der Waals surface area contributed by atoms with Crippen molar-refractivity contribution < 1.29 is 5.11 Å². The molecule has 0 fully saturated rings. The molecule has 0 amide bonds. The Labute approximate surface area is 81.7 Å². The highest BCUT2D eigenvalue weighted by Gasteiger charge is 2.04. The lowest BCUT2D eigenvalue weighted by Gasteiger charge is -2.06. The quantitative estimate of drug-likeness (QED) is 0.761. The predicted octanol–water partition coefficient (Wildman–Crippen LogP) is 2.94. The molecular formula is C9H11ClOS. The van der Waals surface area contributed by atoms with E-state index in [0.717, 1.165) is 16.2 Å². The maximum atomic E-state index is 9.03. The fourth-order valence-corrected chi connectivity index (χ4v) is 2.11. The molecule has 0 spiro atoms. The molecule has 1 rings (SSSR count). The van der Waals surface area contributed by atoms with Crippen LogP contribution in [0.5, 0.6) is 0 Å². The predicted molar refractivity (Wildman–Crippen MR) is 53.8 cm³/mol. The lowest BCUT2D eigenvalue weighted by molar-refractivity contribution is 0.279. The standard InChI is InChI=1S/C9H11ClOS/c1-2-12-9-5-3-4-8(10)7(9)6-11/h3-5,11H,2,6H2,1H3. The zero-order chi connectivity index (χ0) is 8.97. The second-order valence-electron chi connectivity index (χ2n) is 2.31. The highest BCUT2D eigenvalue weighted by molar-refractivity contribution is 7.99. The van der Waals surface area contributed by atoms with Gasteiger partial charge in [0, 0.05) is 15.5 Å². The molecule has 0 saturated heterocycles. The van der Waals surface area contributed by atoms with Gasteiger partial charge in [0.2, 0.25) is 0 Å². The van der Waals surface area contributed by atoms with Crippen LogP contribution < -0.4 is 0 Å². The molecule has 1 aromatic rings. The summed E-state index contributed by atoms with van der Waals surface area (Å²) in [4.78, 5) is 1.08. The molecule has 66 valence electrons. The minimum atomic E-state index is 0.0159. The summed E-state index contributed by atoms with van der Waals surface area (Å²) in [5.41, 5.74) is 0.839. The Kier molecular flexibility index (Phi) is 3.92. The minimum Gasteiger partial charge on any atom is -0.392 e. The van der Waals surface area contributed by atoms with Crippen molar-refractivity contribution in [3.05, 3.63) is 28.8 Å². The highest BCUT2D eigenvalue weighted by Crippen LogP contribution is 2.27. The molecule has 0 aliphatic rings. The molecule has 0 aromatic heterocycles. The molecule has 1 N–H and O–H groups in total. The van der Waals surface area contributed by atoms with Crippen molar-refractivity contribution >= 4 is 23.4 Å². The van der Waals surface area contributed by atoms with Crippen molar-refractivity contribution in [2.24, 2.45) is 0 Å². The van der Waals surface area contributed by atoms with Crippen LogP contribution in [0.1, 0.15) is 12.5 Å². The van der Waals surface area contributed by atoms with Crippen molar-refractivity contribution in [1.82, 2.24) is 0 Å². The topological polar surface area (TPSA) is 20.2 Å². The Balaban J connectivity index is 3.00. The fraction of sp³-hybridized carbons (Fsp3) is 0.333. The first-order valence-corrected chi connectivity index (χ1v) is 5.17. The number of hydrogen-bond donors (Lipinski definition) is 1. The number of aliphatic hydroxyl groups is 1. The van der Waals surface area contributed by atoms with Crippen LogP contribution in [-0.2, 0) is 6.61 Å². The van der Waals surface area contributed by atoms with Crippen LogP contribution in [0.25, 0.3) is 0 Å². The van der Waals surface area contributed by atoms with E-state index in [1.54, 1.807) is 17.8 Å². The number of rotatable bonds is 3. The summed E-state index contributed by atoms with van der Waals surface area (Å²) >= 11 is 7.59. The Morgan fingerprint density at radius 2 is 2.25 bits per heavy atom. The van der Waals surface area contributed by atoms with Gasteiger partial charge >= 0.3 is 0 Å². The lowest BCUT2D eigenvalue weighted by Crippen LogP contribution is -1.88. The SMILES string of the molecule is CCSc1cccc(Cl)c1CO. The minimum absolute atomic E-state index is 0.0159. The van der Waals surface area contributed by atoms with Crippen LogP contribution in [0.2, 0.25) is 5.02 Å². The molecule has 12 heavy (non-hydrogen) atoms. The van der Waals surface area contributed by atoms with Crippen LogP contribution in [0.4, 0.5) is 0 Å². The Hall–Kier alpha value is -0.180. The van der Waals surface area contributed by atoms with Crippen LogP contribution >= 0.6 is 23.4 Å². The molecule has 0 radical (unpaired) electrons.